The summed E-state index contributed by atoms with van der Waals surface area (Å²) in [6.45, 7) is 0.740. The number of thiophene rings is 1. The molecule has 0 aliphatic carbocycles. The molecular weight excluding hydrogens is 324 g/mol. The summed E-state index contributed by atoms with van der Waals surface area (Å²) in [4.78, 5) is 36.0. The minimum atomic E-state index is -0.161. The highest BCUT2D eigenvalue weighted by molar-refractivity contribution is 7.12. The number of ketones is 1. The number of Topliss-reactive ketones (excluding diaryl/α,β-unsaturated/α-hetero) is 1. The van der Waals surface area contributed by atoms with Gasteiger partial charge >= 0.3 is 0 Å². The summed E-state index contributed by atoms with van der Waals surface area (Å²) in [5, 5.41) is 7.34. The van der Waals surface area contributed by atoms with Crippen LogP contribution >= 0.6 is 11.3 Å². The fourth-order valence-corrected chi connectivity index (χ4v) is 2.82. The lowest BCUT2D eigenvalue weighted by Gasteiger charge is -2.07. The molecule has 2 rings (SSSR count). The van der Waals surface area contributed by atoms with E-state index in [4.69, 9.17) is 0 Å². The Hall–Kier alpha value is -2.47. The van der Waals surface area contributed by atoms with E-state index in [1.165, 1.54) is 11.3 Å². The predicted molar refractivity (Wildman–Crippen MR) is 94.3 cm³/mol. The molecule has 0 bridgehead atoms. The highest BCUT2D eigenvalue weighted by Crippen LogP contribution is 2.12. The standard InChI is InChI=1S/C18H20N2O3S/c21-15(16-9-5-13-24-16)8-4-10-17(22)19-11-12-20-18(23)14-6-2-1-3-7-14/h1-3,5-7,9,13H,4,8,10-12H2,(H,19,22)(H,20,23). The van der Waals surface area contributed by atoms with Crippen LogP contribution in [0.4, 0.5) is 0 Å². The second-order valence-electron chi connectivity index (χ2n) is 5.23. The molecule has 126 valence electrons. The van der Waals surface area contributed by atoms with Crippen molar-refractivity contribution in [1.29, 1.82) is 0 Å². The van der Waals surface area contributed by atoms with Gasteiger partial charge in [0.1, 0.15) is 0 Å². The molecule has 0 saturated carbocycles. The van der Waals surface area contributed by atoms with Crippen molar-refractivity contribution in [2.75, 3.05) is 13.1 Å². The molecule has 0 aliphatic heterocycles. The maximum absolute atomic E-state index is 11.8. The maximum atomic E-state index is 11.8. The predicted octanol–water partition coefficient (Wildman–Crippen LogP) is 2.65. The first-order chi connectivity index (χ1) is 11.7. The van der Waals surface area contributed by atoms with Crippen LogP contribution in [0.1, 0.15) is 39.3 Å². The van der Waals surface area contributed by atoms with Crippen molar-refractivity contribution in [3.8, 4) is 0 Å². The Labute approximate surface area is 145 Å². The lowest BCUT2D eigenvalue weighted by molar-refractivity contribution is -0.121. The molecule has 1 heterocycles. The van der Waals surface area contributed by atoms with Crippen molar-refractivity contribution in [2.45, 2.75) is 19.3 Å². The molecule has 0 radical (unpaired) electrons. The first-order valence-corrected chi connectivity index (χ1v) is 8.71. The average Bonchev–Trinajstić information content (AvgIpc) is 3.14. The second-order valence-corrected chi connectivity index (χ2v) is 6.17. The number of amides is 2. The molecule has 0 unspecified atom stereocenters. The lowest BCUT2D eigenvalue weighted by Crippen LogP contribution is -2.34. The van der Waals surface area contributed by atoms with Gasteiger partial charge in [-0.25, -0.2) is 0 Å². The number of carbonyl (C=O) groups excluding carboxylic acids is 3. The van der Waals surface area contributed by atoms with Crippen LogP contribution in [0.15, 0.2) is 47.8 Å². The lowest BCUT2D eigenvalue weighted by atomic mass is 10.1. The van der Waals surface area contributed by atoms with Gasteiger partial charge in [-0.2, -0.15) is 0 Å². The van der Waals surface area contributed by atoms with Crippen LogP contribution in [0.25, 0.3) is 0 Å². The van der Waals surface area contributed by atoms with Gasteiger partial charge in [0.25, 0.3) is 5.91 Å². The van der Waals surface area contributed by atoms with Gasteiger partial charge in [-0.05, 0) is 30.0 Å². The summed E-state index contributed by atoms with van der Waals surface area (Å²) in [6.07, 6.45) is 1.21. The van der Waals surface area contributed by atoms with Gasteiger partial charge in [0, 0.05) is 31.5 Å². The van der Waals surface area contributed by atoms with E-state index < -0.39 is 0 Å². The molecule has 6 heteroatoms. The van der Waals surface area contributed by atoms with E-state index >= 15 is 0 Å². The van der Waals surface area contributed by atoms with Crippen molar-refractivity contribution in [1.82, 2.24) is 10.6 Å². The summed E-state index contributed by atoms with van der Waals surface area (Å²) >= 11 is 1.42. The van der Waals surface area contributed by atoms with Crippen LogP contribution in [0.2, 0.25) is 0 Å². The van der Waals surface area contributed by atoms with E-state index in [2.05, 4.69) is 10.6 Å². The number of rotatable bonds is 9. The molecule has 0 spiro atoms. The van der Waals surface area contributed by atoms with Gasteiger partial charge in [0.15, 0.2) is 5.78 Å². The van der Waals surface area contributed by atoms with Crippen LogP contribution in [0, 0.1) is 0 Å². The number of hydrogen-bond donors (Lipinski definition) is 2. The number of hydrogen-bond acceptors (Lipinski definition) is 4. The number of carbonyl (C=O) groups is 3. The molecule has 2 amide bonds. The summed E-state index contributed by atoms with van der Waals surface area (Å²) < 4.78 is 0. The van der Waals surface area contributed by atoms with Crippen molar-refractivity contribution in [2.24, 2.45) is 0 Å². The van der Waals surface area contributed by atoms with Crippen molar-refractivity contribution < 1.29 is 14.4 Å². The minimum Gasteiger partial charge on any atom is -0.354 e. The third kappa shape index (κ3) is 5.96. The maximum Gasteiger partial charge on any atom is 0.251 e. The molecule has 0 saturated heterocycles. The highest BCUT2D eigenvalue weighted by Gasteiger charge is 2.08. The average molecular weight is 344 g/mol. The second kappa shape index (κ2) is 9.62. The van der Waals surface area contributed by atoms with Gasteiger partial charge in [-0.1, -0.05) is 24.3 Å². The normalized spacial score (nSPS) is 10.2. The van der Waals surface area contributed by atoms with Gasteiger partial charge in [0.05, 0.1) is 4.88 Å². The van der Waals surface area contributed by atoms with Gasteiger partial charge in [0.2, 0.25) is 5.91 Å². The van der Waals surface area contributed by atoms with Crippen LogP contribution < -0.4 is 10.6 Å². The van der Waals surface area contributed by atoms with Gasteiger partial charge in [-0.3, -0.25) is 14.4 Å². The third-order valence-corrected chi connectivity index (χ3v) is 4.28. The van der Waals surface area contributed by atoms with Crippen LogP contribution in [0.3, 0.4) is 0 Å². The Bertz CT molecular complexity index is 669. The first-order valence-electron chi connectivity index (χ1n) is 7.83. The first kappa shape index (κ1) is 17.9. The Kier molecular flexibility index (Phi) is 7.17. The quantitative estimate of drug-likeness (QED) is 0.542. The van der Waals surface area contributed by atoms with E-state index in [1.54, 1.807) is 30.3 Å². The summed E-state index contributed by atoms with van der Waals surface area (Å²) in [6, 6.07) is 12.6. The Balaban J connectivity index is 1.55. The molecule has 2 aromatic rings. The largest absolute Gasteiger partial charge is 0.354 e. The Morgan fingerprint density at radius 3 is 2.33 bits per heavy atom. The minimum absolute atomic E-state index is 0.0768. The summed E-state index contributed by atoms with van der Waals surface area (Å²) in [5.74, 6) is -0.192. The molecule has 2 N–H and O–H groups in total. The van der Waals surface area contributed by atoms with E-state index in [1.807, 2.05) is 17.5 Å². The molecule has 5 nitrogen and oxygen atoms in total. The molecular formula is C18H20N2O3S. The SMILES string of the molecule is O=C(CCCC(=O)c1cccs1)NCCNC(=O)c1ccccc1. The zero-order valence-electron chi connectivity index (χ0n) is 13.3. The van der Waals surface area contributed by atoms with Crippen LogP contribution in [-0.4, -0.2) is 30.7 Å². The van der Waals surface area contributed by atoms with Crippen molar-refractivity contribution in [3.63, 3.8) is 0 Å². The fraction of sp³-hybridized carbons (Fsp3) is 0.278. The van der Waals surface area contributed by atoms with E-state index in [0.717, 1.165) is 4.88 Å². The number of nitrogens with one attached hydrogen (secondary N) is 2. The zero-order valence-corrected chi connectivity index (χ0v) is 14.1. The summed E-state index contributed by atoms with van der Waals surface area (Å²) in [5.41, 5.74) is 0.593. The molecule has 0 atom stereocenters. The zero-order chi connectivity index (χ0) is 17.2. The number of benzene rings is 1. The smallest absolute Gasteiger partial charge is 0.251 e. The van der Waals surface area contributed by atoms with Crippen molar-refractivity contribution >= 4 is 28.9 Å². The molecule has 1 aromatic heterocycles. The Morgan fingerprint density at radius 2 is 1.62 bits per heavy atom. The van der Waals surface area contributed by atoms with Gasteiger partial charge in [-0.15, -0.1) is 11.3 Å². The summed E-state index contributed by atoms with van der Waals surface area (Å²) in [7, 11) is 0. The van der Waals surface area contributed by atoms with Crippen LogP contribution in [-0.2, 0) is 4.79 Å². The third-order valence-electron chi connectivity index (χ3n) is 3.37. The molecule has 1 aromatic carbocycles. The van der Waals surface area contributed by atoms with E-state index in [0.29, 0.717) is 37.9 Å². The monoisotopic (exact) mass is 344 g/mol. The topological polar surface area (TPSA) is 75.3 Å². The van der Waals surface area contributed by atoms with Crippen LogP contribution in [0.5, 0.6) is 0 Å². The molecule has 0 fully saturated rings. The van der Waals surface area contributed by atoms with Gasteiger partial charge < -0.3 is 10.6 Å². The highest BCUT2D eigenvalue weighted by atomic mass is 32.1. The molecule has 24 heavy (non-hydrogen) atoms. The van der Waals surface area contributed by atoms with Crippen molar-refractivity contribution in [3.05, 3.63) is 58.3 Å². The Morgan fingerprint density at radius 1 is 0.875 bits per heavy atom. The van der Waals surface area contributed by atoms with E-state index in [9.17, 15) is 14.4 Å². The van der Waals surface area contributed by atoms with E-state index in [-0.39, 0.29) is 17.6 Å². The fourth-order valence-electron chi connectivity index (χ4n) is 2.13. The molecule has 0 aliphatic rings.